The highest BCUT2D eigenvalue weighted by molar-refractivity contribution is 7.09. The molecule has 1 N–H and O–H groups in total. The van der Waals surface area contributed by atoms with Crippen molar-refractivity contribution < 1.29 is 9.53 Å². The molecule has 1 saturated heterocycles. The van der Waals surface area contributed by atoms with Gasteiger partial charge in [-0.2, -0.15) is 0 Å². The Kier molecular flexibility index (Phi) is 5.38. The standard InChI is InChI=1S/C17H21N3O2S/c1-13-19-16(12-23-13)17(21)18-9-15-11-20(7-8-22-15)10-14-5-3-2-4-6-14/h2-6,12,15H,7-11H2,1H3,(H,18,21)/t15-/m0/s1. The van der Waals surface area contributed by atoms with Crippen LogP contribution in [0.15, 0.2) is 35.7 Å². The van der Waals surface area contributed by atoms with Crippen LogP contribution in [0.1, 0.15) is 21.1 Å². The highest BCUT2D eigenvalue weighted by Gasteiger charge is 2.21. The molecule has 3 rings (SSSR count). The number of benzene rings is 1. The Morgan fingerprint density at radius 2 is 2.26 bits per heavy atom. The first-order valence-corrected chi connectivity index (χ1v) is 8.67. The lowest BCUT2D eigenvalue weighted by Crippen LogP contribution is -2.47. The molecule has 1 aromatic heterocycles. The Morgan fingerprint density at radius 1 is 1.43 bits per heavy atom. The van der Waals surface area contributed by atoms with Crippen LogP contribution in [0.4, 0.5) is 0 Å². The lowest BCUT2D eigenvalue weighted by atomic mass is 10.2. The summed E-state index contributed by atoms with van der Waals surface area (Å²) in [5.41, 5.74) is 1.79. The number of amides is 1. The summed E-state index contributed by atoms with van der Waals surface area (Å²) in [6, 6.07) is 10.4. The van der Waals surface area contributed by atoms with Crippen molar-refractivity contribution in [1.29, 1.82) is 0 Å². The SMILES string of the molecule is Cc1nc(C(=O)NC[C@H]2CN(Cc3ccccc3)CCO2)cs1. The van der Waals surface area contributed by atoms with Crippen LogP contribution < -0.4 is 5.32 Å². The number of aromatic nitrogens is 1. The molecule has 0 saturated carbocycles. The molecule has 6 heteroatoms. The first-order valence-electron chi connectivity index (χ1n) is 7.79. The zero-order valence-electron chi connectivity index (χ0n) is 13.2. The lowest BCUT2D eigenvalue weighted by molar-refractivity contribution is -0.0292. The molecule has 23 heavy (non-hydrogen) atoms. The van der Waals surface area contributed by atoms with Gasteiger partial charge in [0.2, 0.25) is 0 Å². The summed E-state index contributed by atoms with van der Waals surface area (Å²) >= 11 is 1.48. The third kappa shape index (κ3) is 4.60. The second kappa shape index (κ2) is 7.68. The number of carbonyl (C=O) groups excluding carboxylic acids is 1. The van der Waals surface area contributed by atoms with E-state index in [1.54, 1.807) is 5.38 Å². The van der Waals surface area contributed by atoms with Crippen molar-refractivity contribution in [3.63, 3.8) is 0 Å². The summed E-state index contributed by atoms with van der Waals surface area (Å²) < 4.78 is 5.76. The summed E-state index contributed by atoms with van der Waals surface area (Å²) in [5, 5.41) is 5.61. The van der Waals surface area contributed by atoms with Gasteiger partial charge in [0.05, 0.1) is 17.7 Å². The van der Waals surface area contributed by atoms with Crippen molar-refractivity contribution in [3.8, 4) is 0 Å². The molecule has 2 aromatic rings. The maximum Gasteiger partial charge on any atom is 0.270 e. The van der Waals surface area contributed by atoms with E-state index in [-0.39, 0.29) is 12.0 Å². The van der Waals surface area contributed by atoms with Gasteiger partial charge in [-0.15, -0.1) is 11.3 Å². The van der Waals surface area contributed by atoms with Crippen molar-refractivity contribution in [1.82, 2.24) is 15.2 Å². The van der Waals surface area contributed by atoms with Gasteiger partial charge >= 0.3 is 0 Å². The number of aryl methyl sites for hydroxylation is 1. The van der Waals surface area contributed by atoms with E-state index in [9.17, 15) is 4.79 Å². The molecule has 0 unspecified atom stereocenters. The minimum absolute atomic E-state index is 0.0242. The van der Waals surface area contributed by atoms with Gasteiger partial charge in [-0.1, -0.05) is 30.3 Å². The molecule has 0 bridgehead atoms. The monoisotopic (exact) mass is 331 g/mol. The number of carbonyl (C=O) groups is 1. The van der Waals surface area contributed by atoms with Gasteiger partial charge in [0.15, 0.2) is 0 Å². The highest BCUT2D eigenvalue weighted by atomic mass is 32.1. The normalized spacial score (nSPS) is 18.7. The summed E-state index contributed by atoms with van der Waals surface area (Å²) in [6.45, 7) is 5.77. The number of rotatable bonds is 5. The number of hydrogen-bond acceptors (Lipinski definition) is 5. The number of ether oxygens (including phenoxy) is 1. The summed E-state index contributed by atoms with van der Waals surface area (Å²) in [5.74, 6) is -0.127. The largest absolute Gasteiger partial charge is 0.374 e. The Balaban J connectivity index is 1.48. The molecule has 2 heterocycles. The van der Waals surface area contributed by atoms with Crippen LogP contribution in [0, 0.1) is 6.92 Å². The van der Waals surface area contributed by atoms with Crippen LogP contribution in [0.25, 0.3) is 0 Å². The van der Waals surface area contributed by atoms with Gasteiger partial charge in [0, 0.05) is 31.6 Å². The first-order chi connectivity index (χ1) is 11.2. The second-order valence-electron chi connectivity index (χ2n) is 5.68. The van der Waals surface area contributed by atoms with E-state index in [2.05, 4.69) is 39.5 Å². The van der Waals surface area contributed by atoms with E-state index >= 15 is 0 Å². The molecular weight excluding hydrogens is 310 g/mol. The van der Waals surface area contributed by atoms with Crippen LogP contribution in [-0.2, 0) is 11.3 Å². The maximum absolute atomic E-state index is 12.0. The van der Waals surface area contributed by atoms with Crippen LogP contribution >= 0.6 is 11.3 Å². The van der Waals surface area contributed by atoms with Gasteiger partial charge < -0.3 is 10.1 Å². The minimum atomic E-state index is -0.127. The third-order valence-electron chi connectivity index (χ3n) is 3.81. The lowest BCUT2D eigenvalue weighted by Gasteiger charge is -2.33. The second-order valence-corrected chi connectivity index (χ2v) is 6.74. The smallest absolute Gasteiger partial charge is 0.270 e. The fraction of sp³-hybridized carbons (Fsp3) is 0.412. The number of morpholine rings is 1. The van der Waals surface area contributed by atoms with E-state index in [0.717, 1.165) is 24.6 Å². The van der Waals surface area contributed by atoms with Crippen molar-refractivity contribution in [2.24, 2.45) is 0 Å². The van der Waals surface area contributed by atoms with E-state index in [4.69, 9.17) is 4.74 Å². The van der Waals surface area contributed by atoms with E-state index in [1.807, 2.05) is 13.0 Å². The molecular formula is C17H21N3O2S. The maximum atomic E-state index is 12.0. The number of hydrogen-bond donors (Lipinski definition) is 1. The molecule has 1 aliphatic heterocycles. The fourth-order valence-corrected chi connectivity index (χ4v) is 3.25. The summed E-state index contributed by atoms with van der Waals surface area (Å²) in [4.78, 5) is 18.6. The number of thiazole rings is 1. The topological polar surface area (TPSA) is 54.5 Å². The van der Waals surface area contributed by atoms with Crippen molar-refractivity contribution in [3.05, 3.63) is 52.0 Å². The van der Waals surface area contributed by atoms with Crippen molar-refractivity contribution in [2.45, 2.75) is 19.6 Å². The minimum Gasteiger partial charge on any atom is -0.374 e. The zero-order chi connectivity index (χ0) is 16.1. The van der Waals surface area contributed by atoms with Crippen molar-refractivity contribution >= 4 is 17.2 Å². The highest BCUT2D eigenvalue weighted by Crippen LogP contribution is 2.11. The van der Waals surface area contributed by atoms with Crippen LogP contribution in [-0.4, -0.2) is 48.1 Å². The Labute approximate surface area is 140 Å². The Bertz CT molecular complexity index is 644. The van der Waals surface area contributed by atoms with Gasteiger partial charge in [0.1, 0.15) is 5.69 Å². The molecule has 0 spiro atoms. The average molecular weight is 331 g/mol. The third-order valence-corrected chi connectivity index (χ3v) is 4.59. The first kappa shape index (κ1) is 16.1. The molecule has 1 atom stereocenters. The molecule has 5 nitrogen and oxygen atoms in total. The predicted molar refractivity (Wildman–Crippen MR) is 90.6 cm³/mol. The van der Waals surface area contributed by atoms with Gasteiger partial charge in [-0.25, -0.2) is 4.98 Å². The zero-order valence-corrected chi connectivity index (χ0v) is 14.0. The molecule has 1 fully saturated rings. The van der Waals surface area contributed by atoms with E-state index < -0.39 is 0 Å². The van der Waals surface area contributed by atoms with Gasteiger partial charge in [-0.05, 0) is 12.5 Å². The molecule has 1 aliphatic rings. The quantitative estimate of drug-likeness (QED) is 0.911. The van der Waals surface area contributed by atoms with Gasteiger partial charge in [-0.3, -0.25) is 9.69 Å². The Morgan fingerprint density at radius 3 is 3.00 bits per heavy atom. The van der Waals surface area contributed by atoms with Gasteiger partial charge in [0.25, 0.3) is 5.91 Å². The van der Waals surface area contributed by atoms with Crippen molar-refractivity contribution in [2.75, 3.05) is 26.2 Å². The Hall–Kier alpha value is -1.76. The molecule has 0 radical (unpaired) electrons. The predicted octanol–water partition coefficient (Wildman–Crippen LogP) is 2.08. The van der Waals surface area contributed by atoms with E-state index in [1.165, 1.54) is 16.9 Å². The molecule has 0 aliphatic carbocycles. The molecule has 1 aromatic carbocycles. The summed E-state index contributed by atoms with van der Waals surface area (Å²) in [6.07, 6.45) is 0.0242. The van der Waals surface area contributed by atoms with Crippen LogP contribution in [0.2, 0.25) is 0 Å². The fourth-order valence-electron chi connectivity index (χ4n) is 2.65. The van der Waals surface area contributed by atoms with E-state index in [0.29, 0.717) is 18.8 Å². The van der Waals surface area contributed by atoms with Crippen LogP contribution in [0.3, 0.4) is 0 Å². The number of nitrogens with one attached hydrogen (secondary N) is 1. The average Bonchev–Trinajstić information content (AvgIpc) is 3.01. The van der Waals surface area contributed by atoms with Crippen LogP contribution in [0.5, 0.6) is 0 Å². The molecule has 1 amide bonds. The number of nitrogens with zero attached hydrogens (tertiary/aromatic N) is 2. The molecule has 122 valence electrons. The summed E-state index contributed by atoms with van der Waals surface area (Å²) in [7, 11) is 0.